The average Bonchev–Trinajstić information content (AvgIpc) is 2.55. The summed E-state index contributed by atoms with van der Waals surface area (Å²) in [5.74, 6) is 0.715. The molecule has 1 aromatic carbocycles. The van der Waals surface area contributed by atoms with Crippen LogP contribution in [0.2, 0.25) is 0 Å². The van der Waals surface area contributed by atoms with Crippen LogP contribution in [0.25, 0.3) is 0 Å². The van der Waals surface area contributed by atoms with Gasteiger partial charge < -0.3 is 15.0 Å². The van der Waals surface area contributed by atoms with Crippen molar-refractivity contribution in [2.75, 3.05) is 12.4 Å². The van der Waals surface area contributed by atoms with Gasteiger partial charge in [0.15, 0.2) is 0 Å². The summed E-state index contributed by atoms with van der Waals surface area (Å²) in [6.07, 6.45) is 4.83. The lowest BCUT2D eigenvalue weighted by atomic mass is 10.00. The second-order valence-corrected chi connectivity index (χ2v) is 5.67. The van der Waals surface area contributed by atoms with Crippen LogP contribution >= 0.6 is 0 Å². The van der Waals surface area contributed by atoms with Crippen molar-refractivity contribution in [3.8, 4) is 5.75 Å². The summed E-state index contributed by atoms with van der Waals surface area (Å²) in [4.78, 5) is 14.7. The van der Waals surface area contributed by atoms with Crippen molar-refractivity contribution in [1.82, 2.24) is 4.90 Å². The molecule has 1 unspecified atom stereocenters. The SMILES string of the molecule is C=C1C=CCC2[C@H](C)Nc3cc(C)c(OC)cc3C(=O)N12. The summed E-state index contributed by atoms with van der Waals surface area (Å²) in [5, 5.41) is 3.47. The second kappa shape index (κ2) is 4.95. The van der Waals surface area contributed by atoms with Gasteiger partial charge in [-0.1, -0.05) is 12.7 Å². The third-order valence-corrected chi connectivity index (χ3v) is 4.27. The third-order valence-electron chi connectivity index (χ3n) is 4.27. The first-order valence-electron chi connectivity index (χ1n) is 7.17. The smallest absolute Gasteiger partial charge is 0.260 e. The topological polar surface area (TPSA) is 41.6 Å². The van der Waals surface area contributed by atoms with E-state index < -0.39 is 0 Å². The largest absolute Gasteiger partial charge is 0.496 e. The van der Waals surface area contributed by atoms with E-state index in [0.717, 1.165) is 29.1 Å². The van der Waals surface area contributed by atoms with Gasteiger partial charge in [0.25, 0.3) is 5.91 Å². The standard InChI is InChI=1S/C17H20N2O2/c1-10-8-14-13(9-16(10)21-4)17(20)19-11(2)6-5-7-15(19)12(3)18-14/h5-6,8-9,12,15,18H,2,7H2,1,3-4H3/t12-,15?/m0/s1. The van der Waals surface area contributed by atoms with Crippen LogP contribution in [-0.2, 0) is 0 Å². The molecular formula is C17H20N2O2. The van der Waals surface area contributed by atoms with E-state index in [4.69, 9.17) is 4.74 Å². The molecule has 0 bridgehead atoms. The minimum Gasteiger partial charge on any atom is -0.496 e. The predicted molar refractivity (Wildman–Crippen MR) is 83.7 cm³/mol. The van der Waals surface area contributed by atoms with Gasteiger partial charge in [-0.2, -0.15) is 0 Å². The van der Waals surface area contributed by atoms with Gasteiger partial charge >= 0.3 is 0 Å². The van der Waals surface area contributed by atoms with E-state index in [2.05, 4.69) is 24.9 Å². The third kappa shape index (κ3) is 2.11. The molecule has 0 saturated carbocycles. The lowest BCUT2D eigenvalue weighted by Gasteiger charge is -2.35. The average molecular weight is 284 g/mol. The van der Waals surface area contributed by atoms with Crippen LogP contribution in [0.15, 0.2) is 36.6 Å². The molecule has 0 radical (unpaired) electrons. The number of hydrogen-bond acceptors (Lipinski definition) is 3. The van der Waals surface area contributed by atoms with Crippen molar-refractivity contribution in [2.45, 2.75) is 32.4 Å². The molecule has 1 amide bonds. The highest BCUT2D eigenvalue weighted by atomic mass is 16.5. The van der Waals surface area contributed by atoms with E-state index in [1.165, 1.54) is 0 Å². The van der Waals surface area contributed by atoms with E-state index >= 15 is 0 Å². The molecule has 2 aliphatic heterocycles. The highest BCUT2D eigenvalue weighted by Gasteiger charge is 2.36. The Morgan fingerprint density at radius 1 is 1.43 bits per heavy atom. The van der Waals surface area contributed by atoms with E-state index in [1.807, 2.05) is 25.1 Å². The van der Waals surface area contributed by atoms with Gasteiger partial charge in [-0.15, -0.1) is 0 Å². The van der Waals surface area contributed by atoms with Crippen molar-refractivity contribution in [3.63, 3.8) is 0 Å². The van der Waals surface area contributed by atoms with Crippen LogP contribution in [0.5, 0.6) is 5.75 Å². The number of ether oxygens (including phenoxy) is 1. The summed E-state index contributed by atoms with van der Waals surface area (Å²) < 4.78 is 5.35. The number of methoxy groups -OCH3 is 1. The number of hydrogen-bond donors (Lipinski definition) is 1. The molecular weight excluding hydrogens is 264 g/mol. The Morgan fingerprint density at radius 3 is 2.90 bits per heavy atom. The Balaban J connectivity index is 2.14. The van der Waals surface area contributed by atoms with Gasteiger partial charge in [0.05, 0.1) is 18.7 Å². The first kappa shape index (κ1) is 13.7. The Labute approximate surface area is 125 Å². The summed E-state index contributed by atoms with van der Waals surface area (Å²) in [7, 11) is 1.62. The zero-order chi connectivity index (χ0) is 15.1. The molecule has 110 valence electrons. The molecule has 4 heteroatoms. The lowest BCUT2D eigenvalue weighted by Crippen LogP contribution is -2.46. The quantitative estimate of drug-likeness (QED) is 0.861. The molecule has 0 aliphatic carbocycles. The van der Waals surface area contributed by atoms with Crippen molar-refractivity contribution in [1.29, 1.82) is 0 Å². The number of anilines is 1. The summed E-state index contributed by atoms with van der Waals surface area (Å²) in [6, 6.07) is 4.05. The number of nitrogens with one attached hydrogen (secondary N) is 1. The summed E-state index contributed by atoms with van der Waals surface area (Å²) >= 11 is 0. The number of benzene rings is 1. The minimum atomic E-state index is -0.0144. The van der Waals surface area contributed by atoms with Gasteiger partial charge in [-0.05, 0) is 44.0 Å². The number of allylic oxidation sites excluding steroid dienone is 1. The zero-order valence-electron chi connectivity index (χ0n) is 12.6. The van der Waals surface area contributed by atoms with Crippen molar-refractivity contribution < 1.29 is 9.53 Å². The number of rotatable bonds is 1. The molecule has 2 aliphatic rings. The summed E-state index contributed by atoms with van der Waals surface area (Å²) in [5.41, 5.74) is 3.27. The number of amides is 1. The molecule has 2 atom stereocenters. The number of fused-ring (bicyclic) bond motifs is 2. The molecule has 21 heavy (non-hydrogen) atoms. The number of carbonyl (C=O) groups excluding carboxylic acids is 1. The Hall–Kier alpha value is -2.23. The summed E-state index contributed by atoms with van der Waals surface area (Å²) in [6.45, 7) is 8.10. The fourth-order valence-corrected chi connectivity index (χ4v) is 3.13. The molecule has 0 spiro atoms. The number of nitrogens with zero attached hydrogens (tertiary/aromatic N) is 1. The van der Waals surface area contributed by atoms with Gasteiger partial charge in [0.2, 0.25) is 0 Å². The van der Waals surface area contributed by atoms with E-state index in [0.29, 0.717) is 5.56 Å². The number of aryl methyl sites for hydroxylation is 1. The Bertz CT molecular complexity index is 648. The Morgan fingerprint density at radius 2 is 2.19 bits per heavy atom. The van der Waals surface area contributed by atoms with Crippen LogP contribution in [0.1, 0.15) is 29.3 Å². The normalized spacial score (nSPS) is 24.0. The van der Waals surface area contributed by atoms with Crippen LogP contribution in [-0.4, -0.2) is 30.0 Å². The van der Waals surface area contributed by atoms with Gasteiger partial charge in [0.1, 0.15) is 5.75 Å². The molecule has 0 fully saturated rings. The minimum absolute atomic E-state index is 0.0144. The molecule has 2 heterocycles. The van der Waals surface area contributed by atoms with Crippen molar-refractivity contribution in [2.24, 2.45) is 0 Å². The molecule has 0 aromatic heterocycles. The van der Waals surface area contributed by atoms with Gasteiger partial charge in [0, 0.05) is 17.4 Å². The van der Waals surface area contributed by atoms with Crippen molar-refractivity contribution >= 4 is 11.6 Å². The van der Waals surface area contributed by atoms with E-state index in [-0.39, 0.29) is 18.0 Å². The first-order chi connectivity index (χ1) is 10.0. The first-order valence-corrected chi connectivity index (χ1v) is 7.17. The molecule has 0 saturated heterocycles. The maximum absolute atomic E-state index is 12.9. The zero-order valence-corrected chi connectivity index (χ0v) is 12.6. The fraction of sp³-hybridized carbons (Fsp3) is 0.353. The Kier molecular flexibility index (Phi) is 3.24. The van der Waals surface area contributed by atoms with Crippen LogP contribution in [0.4, 0.5) is 5.69 Å². The predicted octanol–water partition coefficient (Wildman–Crippen LogP) is 3.10. The maximum atomic E-state index is 12.9. The highest BCUT2D eigenvalue weighted by Crippen LogP contribution is 2.35. The highest BCUT2D eigenvalue weighted by molar-refractivity contribution is 6.02. The van der Waals surface area contributed by atoms with E-state index in [1.54, 1.807) is 12.0 Å². The maximum Gasteiger partial charge on any atom is 0.260 e. The fourth-order valence-electron chi connectivity index (χ4n) is 3.13. The molecule has 3 rings (SSSR count). The van der Waals surface area contributed by atoms with Crippen LogP contribution in [0.3, 0.4) is 0 Å². The van der Waals surface area contributed by atoms with Gasteiger partial charge in [-0.25, -0.2) is 0 Å². The number of carbonyl (C=O) groups is 1. The molecule has 4 nitrogen and oxygen atoms in total. The monoisotopic (exact) mass is 284 g/mol. The van der Waals surface area contributed by atoms with Crippen LogP contribution < -0.4 is 10.1 Å². The lowest BCUT2D eigenvalue weighted by molar-refractivity contribution is 0.0745. The van der Waals surface area contributed by atoms with Crippen LogP contribution in [0, 0.1) is 6.92 Å². The van der Waals surface area contributed by atoms with Gasteiger partial charge in [-0.3, -0.25) is 4.79 Å². The second-order valence-electron chi connectivity index (χ2n) is 5.67. The van der Waals surface area contributed by atoms with Crippen molar-refractivity contribution in [3.05, 3.63) is 47.7 Å². The molecule has 1 aromatic rings. The molecule has 1 N–H and O–H groups in total. The van der Waals surface area contributed by atoms with E-state index in [9.17, 15) is 4.79 Å².